The van der Waals surface area contributed by atoms with Gasteiger partial charge < -0.3 is 9.47 Å². The number of halogens is 8. The van der Waals surface area contributed by atoms with Gasteiger partial charge in [-0.2, -0.15) is 26.3 Å². The summed E-state index contributed by atoms with van der Waals surface area (Å²) in [7, 11) is 0. The van der Waals surface area contributed by atoms with Crippen molar-refractivity contribution in [2.24, 2.45) is 0 Å². The number of rotatable bonds is 8. The van der Waals surface area contributed by atoms with Crippen molar-refractivity contribution in [3.63, 3.8) is 0 Å². The fourth-order valence-electron chi connectivity index (χ4n) is 4.20. The predicted molar refractivity (Wildman–Crippen MR) is 120 cm³/mol. The quantitative estimate of drug-likeness (QED) is 0.216. The van der Waals surface area contributed by atoms with Crippen LogP contribution >= 0.6 is 0 Å². The van der Waals surface area contributed by atoms with Crippen LogP contribution < -0.4 is 9.47 Å². The van der Waals surface area contributed by atoms with Gasteiger partial charge in [0, 0.05) is 0 Å². The lowest BCUT2D eigenvalue weighted by Crippen LogP contribution is -2.41. The fourth-order valence-corrected chi connectivity index (χ4v) is 4.20. The van der Waals surface area contributed by atoms with Crippen molar-refractivity contribution in [3.8, 4) is 22.6 Å². The van der Waals surface area contributed by atoms with E-state index in [0.29, 0.717) is 25.0 Å². The zero-order valence-electron chi connectivity index (χ0n) is 19.4. The second-order valence-electron chi connectivity index (χ2n) is 8.32. The van der Waals surface area contributed by atoms with E-state index in [1.54, 1.807) is 6.08 Å². The van der Waals surface area contributed by atoms with Gasteiger partial charge in [-0.3, -0.25) is 0 Å². The lowest BCUT2D eigenvalue weighted by atomic mass is 9.79. The Balaban J connectivity index is 1.80. The SMILES string of the molecule is C=CCCc1ccc(OC(F)(F)c2ccc3c(c2F)C(F)(F)C(F)(F)c2c-3ccc(OCC)c2F)cc1. The molecule has 0 unspecified atom stereocenters. The van der Waals surface area contributed by atoms with Gasteiger partial charge in [0.25, 0.3) is 0 Å². The molecule has 0 fully saturated rings. The zero-order valence-corrected chi connectivity index (χ0v) is 19.4. The maximum Gasteiger partial charge on any atom is 0.429 e. The summed E-state index contributed by atoms with van der Waals surface area (Å²) in [5.41, 5.74) is -6.20. The molecule has 0 atom stereocenters. The van der Waals surface area contributed by atoms with Crippen molar-refractivity contribution < 1.29 is 44.6 Å². The van der Waals surface area contributed by atoms with Crippen molar-refractivity contribution in [1.29, 1.82) is 0 Å². The van der Waals surface area contributed by atoms with Gasteiger partial charge in [0.05, 0.1) is 17.7 Å². The molecule has 10 heteroatoms. The van der Waals surface area contributed by atoms with E-state index >= 15 is 13.2 Å². The van der Waals surface area contributed by atoms with Crippen LogP contribution in [0, 0.1) is 11.6 Å². The van der Waals surface area contributed by atoms with Crippen LogP contribution in [0.15, 0.2) is 61.2 Å². The molecule has 196 valence electrons. The van der Waals surface area contributed by atoms with Gasteiger partial charge in [-0.15, -0.1) is 6.58 Å². The molecular weight excluding hydrogens is 508 g/mol. The molecule has 37 heavy (non-hydrogen) atoms. The molecule has 3 aromatic carbocycles. The summed E-state index contributed by atoms with van der Waals surface area (Å²) in [5.74, 6) is -15.8. The van der Waals surface area contributed by atoms with Crippen LogP contribution in [0.25, 0.3) is 11.1 Å². The zero-order chi connectivity index (χ0) is 27.2. The second-order valence-corrected chi connectivity index (χ2v) is 8.32. The molecule has 2 nitrogen and oxygen atoms in total. The predicted octanol–water partition coefficient (Wildman–Crippen LogP) is 8.47. The summed E-state index contributed by atoms with van der Waals surface area (Å²) in [6.45, 7) is 4.87. The third kappa shape index (κ3) is 4.32. The molecule has 4 rings (SSSR count). The van der Waals surface area contributed by atoms with E-state index in [4.69, 9.17) is 4.74 Å². The van der Waals surface area contributed by atoms with Crippen molar-refractivity contribution in [2.75, 3.05) is 6.61 Å². The summed E-state index contributed by atoms with van der Waals surface area (Å²) in [5, 5.41) is 0. The number of ether oxygens (including phenoxy) is 2. The normalized spacial score (nSPS) is 15.5. The first kappa shape index (κ1) is 26.5. The van der Waals surface area contributed by atoms with Crippen LogP contribution in [0.4, 0.5) is 35.1 Å². The highest BCUT2D eigenvalue weighted by Gasteiger charge is 2.66. The van der Waals surface area contributed by atoms with Crippen molar-refractivity contribution in [1.82, 2.24) is 0 Å². The fraction of sp³-hybridized carbons (Fsp3) is 0.259. The molecule has 1 aliphatic carbocycles. The van der Waals surface area contributed by atoms with E-state index in [0.717, 1.165) is 17.7 Å². The maximum atomic E-state index is 15.3. The standard InChI is InChI=1S/C27H20F8O2/c1-3-5-6-15-7-9-16(10-8-15)37-27(34,35)19-13-11-17-18-12-14-20(36-4-2)24(29)22(18)26(32,33)25(30,31)21(17)23(19)28/h3,7-14H,1,4-6H2,2H3. The Morgan fingerprint density at radius 1 is 0.838 bits per heavy atom. The van der Waals surface area contributed by atoms with Gasteiger partial charge in [0.1, 0.15) is 17.1 Å². The van der Waals surface area contributed by atoms with Gasteiger partial charge in [0.15, 0.2) is 11.6 Å². The monoisotopic (exact) mass is 528 g/mol. The molecule has 0 amide bonds. The van der Waals surface area contributed by atoms with Crippen molar-refractivity contribution in [2.45, 2.75) is 37.7 Å². The Hall–Kier alpha value is -3.56. The Morgan fingerprint density at radius 2 is 1.41 bits per heavy atom. The molecule has 3 aromatic rings. The molecule has 0 heterocycles. The third-order valence-electron chi connectivity index (χ3n) is 5.98. The molecule has 0 aromatic heterocycles. The van der Waals surface area contributed by atoms with E-state index in [-0.39, 0.29) is 6.61 Å². The second kappa shape index (κ2) is 9.39. The Morgan fingerprint density at radius 3 is 1.97 bits per heavy atom. The van der Waals surface area contributed by atoms with Crippen molar-refractivity contribution >= 4 is 0 Å². The lowest BCUT2D eigenvalue weighted by molar-refractivity contribution is -0.228. The summed E-state index contributed by atoms with van der Waals surface area (Å²) >= 11 is 0. The van der Waals surface area contributed by atoms with Gasteiger partial charge in [-0.05, 0) is 66.8 Å². The van der Waals surface area contributed by atoms with Gasteiger partial charge in [-0.25, -0.2) is 8.78 Å². The minimum absolute atomic E-state index is 0.140. The number of aryl methyl sites for hydroxylation is 1. The van der Waals surface area contributed by atoms with Crippen LogP contribution in [0.3, 0.4) is 0 Å². The smallest absolute Gasteiger partial charge is 0.429 e. The largest absolute Gasteiger partial charge is 0.491 e. The molecule has 0 N–H and O–H groups in total. The van der Waals surface area contributed by atoms with E-state index < -0.39 is 68.9 Å². The molecule has 0 radical (unpaired) electrons. The number of alkyl halides is 6. The van der Waals surface area contributed by atoms with E-state index in [1.165, 1.54) is 31.2 Å². The van der Waals surface area contributed by atoms with E-state index in [2.05, 4.69) is 11.3 Å². The Labute approximate surface area is 207 Å². The van der Waals surface area contributed by atoms with Gasteiger partial charge >= 0.3 is 18.0 Å². The average molecular weight is 528 g/mol. The number of fused-ring (bicyclic) bond motifs is 3. The molecule has 0 saturated heterocycles. The lowest BCUT2D eigenvalue weighted by Gasteiger charge is -2.36. The molecule has 0 spiro atoms. The van der Waals surface area contributed by atoms with Crippen LogP contribution in [-0.4, -0.2) is 6.61 Å². The highest BCUT2D eigenvalue weighted by molar-refractivity contribution is 5.77. The molecule has 0 saturated carbocycles. The summed E-state index contributed by atoms with van der Waals surface area (Å²) in [6, 6.07) is 8.16. The summed E-state index contributed by atoms with van der Waals surface area (Å²) in [4.78, 5) is 0. The van der Waals surface area contributed by atoms with Gasteiger partial charge in [-0.1, -0.05) is 24.3 Å². The number of hydrogen-bond donors (Lipinski definition) is 0. The number of allylic oxidation sites excluding steroid dienone is 1. The highest BCUT2D eigenvalue weighted by Crippen LogP contribution is 2.60. The van der Waals surface area contributed by atoms with Crippen LogP contribution in [0.2, 0.25) is 0 Å². The van der Waals surface area contributed by atoms with Crippen LogP contribution in [-0.2, 0) is 24.4 Å². The van der Waals surface area contributed by atoms with Gasteiger partial charge in [0.2, 0.25) is 0 Å². The first-order valence-electron chi connectivity index (χ1n) is 11.2. The average Bonchev–Trinajstić information content (AvgIpc) is 2.83. The first-order valence-corrected chi connectivity index (χ1v) is 11.2. The topological polar surface area (TPSA) is 18.5 Å². The van der Waals surface area contributed by atoms with Crippen LogP contribution in [0.5, 0.6) is 11.5 Å². The first-order chi connectivity index (χ1) is 17.4. The minimum atomic E-state index is -5.37. The number of hydrogen-bond acceptors (Lipinski definition) is 2. The number of benzene rings is 3. The molecule has 0 bridgehead atoms. The summed E-state index contributed by atoms with van der Waals surface area (Å²) in [6.07, 6.45) is -1.62. The summed E-state index contributed by atoms with van der Waals surface area (Å²) < 4.78 is 129. The molecular formula is C27H20F8O2. The van der Waals surface area contributed by atoms with Crippen LogP contribution in [0.1, 0.15) is 35.6 Å². The molecule has 0 aliphatic heterocycles. The maximum absolute atomic E-state index is 15.3. The van der Waals surface area contributed by atoms with Crippen molar-refractivity contribution in [3.05, 3.63) is 95.1 Å². The third-order valence-corrected chi connectivity index (χ3v) is 5.98. The highest BCUT2D eigenvalue weighted by atomic mass is 19.3. The Bertz CT molecular complexity index is 1330. The van der Waals surface area contributed by atoms with E-state index in [9.17, 15) is 22.0 Å². The minimum Gasteiger partial charge on any atom is -0.491 e. The molecule has 1 aliphatic rings. The Kier molecular flexibility index (Phi) is 6.73. The van der Waals surface area contributed by atoms with E-state index in [1.807, 2.05) is 0 Å².